The minimum atomic E-state index is -0.436. The number of hydrogen-bond donors (Lipinski definition) is 2. The Balaban J connectivity index is 2.04. The van der Waals surface area contributed by atoms with Crippen LogP contribution in [0.25, 0.3) is 0 Å². The van der Waals surface area contributed by atoms with Gasteiger partial charge in [0.05, 0.1) is 6.10 Å². The van der Waals surface area contributed by atoms with Crippen molar-refractivity contribution in [1.29, 1.82) is 0 Å². The second-order valence-electron chi connectivity index (χ2n) is 5.08. The maximum absolute atomic E-state index is 13.5. The van der Waals surface area contributed by atoms with Gasteiger partial charge in [-0.2, -0.15) is 0 Å². The highest BCUT2D eigenvalue weighted by Gasteiger charge is 2.24. The molecule has 1 aromatic rings. The molecule has 3 nitrogen and oxygen atoms in total. The molecule has 0 heterocycles. The van der Waals surface area contributed by atoms with E-state index in [1.165, 1.54) is 12.1 Å². The predicted octanol–water partition coefficient (Wildman–Crippen LogP) is 2.62. The second kappa shape index (κ2) is 6.87. The number of aliphatic hydroxyl groups excluding tert-OH is 1. The molecule has 106 valence electrons. The molecule has 2 rings (SSSR count). The first-order valence-corrected chi connectivity index (χ1v) is 7.04. The fourth-order valence-corrected chi connectivity index (χ4v) is 2.45. The molecule has 1 saturated carbocycles. The maximum atomic E-state index is 13.5. The van der Waals surface area contributed by atoms with E-state index in [9.17, 15) is 9.50 Å². The summed E-state index contributed by atoms with van der Waals surface area (Å²) in [6.07, 6.45) is 3.05. The monoisotopic (exact) mass is 267 g/mol. The van der Waals surface area contributed by atoms with Crippen LogP contribution in [-0.4, -0.2) is 23.9 Å². The van der Waals surface area contributed by atoms with Gasteiger partial charge in [-0.05, 0) is 43.5 Å². The summed E-state index contributed by atoms with van der Waals surface area (Å²) in [6, 6.07) is 4.73. The van der Waals surface area contributed by atoms with Gasteiger partial charge in [0.2, 0.25) is 0 Å². The molecule has 0 aromatic heterocycles. The van der Waals surface area contributed by atoms with Gasteiger partial charge in [0, 0.05) is 12.6 Å². The molecule has 1 aliphatic carbocycles. The Morgan fingerprint density at radius 2 is 2.11 bits per heavy atom. The summed E-state index contributed by atoms with van der Waals surface area (Å²) in [5, 5.41) is 13.0. The van der Waals surface area contributed by atoms with Crippen molar-refractivity contribution in [1.82, 2.24) is 5.32 Å². The first-order valence-electron chi connectivity index (χ1n) is 7.04. The first kappa shape index (κ1) is 14.3. The van der Waals surface area contributed by atoms with E-state index in [-0.39, 0.29) is 11.9 Å². The van der Waals surface area contributed by atoms with Gasteiger partial charge in [0.1, 0.15) is 17.7 Å². The Labute approximate surface area is 113 Å². The molecule has 1 fully saturated rings. The van der Waals surface area contributed by atoms with Gasteiger partial charge in [-0.25, -0.2) is 4.39 Å². The van der Waals surface area contributed by atoms with E-state index in [0.29, 0.717) is 12.3 Å². The summed E-state index contributed by atoms with van der Waals surface area (Å²) < 4.78 is 19.3. The van der Waals surface area contributed by atoms with Crippen molar-refractivity contribution < 1.29 is 14.2 Å². The van der Waals surface area contributed by atoms with Gasteiger partial charge in [0.25, 0.3) is 0 Å². The molecule has 4 heteroatoms. The van der Waals surface area contributed by atoms with Gasteiger partial charge in [0.15, 0.2) is 0 Å². The lowest BCUT2D eigenvalue weighted by atomic mass is 9.95. The van der Waals surface area contributed by atoms with Crippen molar-refractivity contribution >= 4 is 0 Å². The number of halogens is 1. The highest BCUT2D eigenvalue weighted by atomic mass is 19.1. The lowest BCUT2D eigenvalue weighted by Crippen LogP contribution is -2.34. The standard InChI is InChI=1S/C15H22FNO2/c1-2-17-10-11-7-12(16)9-13(8-11)19-15-6-4-3-5-14(15)18/h7-9,14-15,17-18H,2-6,10H2,1H3. The van der Waals surface area contributed by atoms with E-state index in [2.05, 4.69) is 5.32 Å². The van der Waals surface area contributed by atoms with Crippen molar-refractivity contribution in [3.63, 3.8) is 0 Å². The third kappa shape index (κ3) is 4.18. The van der Waals surface area contributed by atoms with Crippen LogP contribution < -0.4 is 10.1 Å². The molecule has 1 aliphatic rings. The molecular formula is C15H22FNO2. The second-order valence-corrected chi connectivity index (χ2v) is 5.08. The van der Waals surface area contributed by atoms with Gasteiger partial charge in [-0.15, -0.1) is 0 Å². The largest absolute Gasteiger partial charge is 0.488 e. The van der Waals surface area contributed by atoms with E-state index in [4.69, 9.17) is 4.74 Å². The molecule has 2 unspecified atom stereocenters. The molecular weight excluding hydrogens is 245 g/mol. The van der Waals surface area contributed by atoms with Crippen LogP contribution in [0.1, 0.15) is 38.2 Å². The molecule has 19 heavy (non-hydrogen) atoms. The molecule has 0 amide bonds. The van der Waals surface area contributed by atoms with Crippen molar-refractivity contribution in [3.8, 4) is 5.75 Å². The Morgan fingerprint density at radius 3 is 2.84 bits per heavy atom. The summed E-state index contributed by atoms with van der Waals surface area (Å²) in [7, 11) is 0. The van der Waals surface area contributed by atoms with Crippen LogP contribution in [0.5, 0.6) is 5.75 Å². The topological polar surface area (TPSA) is 41.5 Å². The summed E-state index contributed by atoms with van der Waals surface area (Å²) in [6.45, 7) is 3.47. The third-order valence-corrected chi connectivity index (χ3v) is 3.47. The van der Waals surface area contributed by atoms with Gasteiger partial charge in [-0.1, -0.05) is 13.3 Å². The van der Waals surface area contributed by atoms with Crippen LogP contribution in [0.4, 0.5) is 4.39 Å². The number of benzene rings is 1. The molecule has 0 bridgehead atoms. The number of hydrogen-bond acceptors (Lipinski definition) is 3. The Hall–Kier alpha value is -1.13. The minimum absolute atomic E-state index is 0.206. The van der Waals surface area contributed by atoms with Crippen molar-refractivity contribution in [3.05, 3.63) is 29.6 Å². The SMILES string of the molecule is CCNCc1cc(F)cc(OC2CCCCC2O)c1. The molecule has 1 aromatic carbocycles. The third-order valence-electron chi connectivity index (χ3n) is 3.47. The zero-order valence-electron chi connectivity index (χ0n) is 11.4. The van der Waals surface area contributed by atoms with Crippen molar-refractivity contribution in [2.24, 2.45) is 0 Å². The van der Waals surface area contributed by atoms with Gasteiger partial charge >= 0.3 is 0 Å². The Bertz CT molecular complexity index is 411. The van der Waals surface area contributed by atoms with E-state index >= 15 is 0 Å². The first-order chi connectivity index (χ1) is 9.19. The van der Waals surface area contributed by atoms with Gasteiger partial charge < -0.3 is 15.2 Å². The van der Waals surface area contributed by atoms with Crippen LogP contribution in [0.2, 0.25) is 0 Å². The predicted molar refractivity (Wildman–Crippen MR) is 72.7 cm³/mol. The quantitative estimate of drug-likeness (QED) is 0.861. The summed E-state index contributed by atoms with van der Waals surface area (Å²) in [5.74, 6) is 0.217. The fourth-order valence-electron chi connectivity index (χ4n) is 2.45. The maximum Gasteiger partial charge on any atom is 0.127 e. The Kier molecular flexibility index (Phi) is 5.16. The van der Waals surface area contributed by atoms with Gasteiger partial charge in [-0.3, -0.25) is 0 Å². The zero-order chi connectivity index (χ0) is 13.7. The number of ether oxygens (including phenoxy) is 1. The average molecular weight is 267 g/mol. The number of aliphatic hydroxyl groups is 1. The molecule has 0 radical (unpaired) electrons. The minimum Gasteiger partial charge on any atom is -0.488 e. The summed E-state index contributed by atoms with van der Waals surface area (Å²) in [5.41, 5.74) is 0.863. The molecule has 0 aliphatic heterocycles. The van der Waals surface area contributed by atoms with Crippen LogP contribution in [0.15, 0.2) is 18.2 Å². The highest BCUT2D eigenvalue weighted by molar-refractivity contribution is 5.30. The number of nitrogens with one attached hydrogen (secondary N) is 1. The van der Waals surface area contributed by atoms with E-state index in [1.807, 2.05) is 13.0 Å². The van der Waals surface area contributed by atoms with Crippen LogP contribution in [0, 0.1) is 5.82 Å². The lowest BCUT2D eigenvalue weighted by molar-refractivity contribution is 0.00668. The zero-order valence-corrected chi connectivity index (χ0v) is 11.4. The van der Waals surface area contributed by atoms with E-state index in [1.54, 1.807) is 0 Å². The Morgan fingerprint density at radius 1 is 1.32 bits per heavy atom. The van der Waals surface area contributed by atoms with Crippen LogP contribution >= 0.6 is 0 Å². The van der Waals surface area contributed by atoms with E-state index in [0.717, 1.165) is 37.8 Å². The number of rotatable bonds is 5. The molecule has 2 N–H and O–H groups in total. The lowest BCUT2D eigenvalue weighted by Gasteiger charge is -2.28. The van der Waals surface area contributed by atoms with E-state index < -0.39 is 6.10 Å². The fraction of sp³-hybridized carbons (Fsp3) is 0.600. The average Bonchev–Trinajstić information content (AvgIpc) is 2.38. The summed E-state index contributed by atoms with van der Waals surface area (Å²) in [4.78, 5) is 0. The normalized spacial score (nSPS) is 23.3. The summed E-state index contributed by atoms with van der Waals surface area (Å²) >= 11 is 0. The van der Waals surface area contributed by atoms with Crippen molar-refractivity contribution in [2.45, 2.75) is 51.4 Å². The van der Waals surface area contributed by atoms with Crippen LogP contribution in [-0.2, 0) is 6.54 Å². The molecule has 0 saturated heterocycles. The smallest absolute Gasteiger partial charge is 0.127 e. The van der Waals surface area contributed by atoms with Crippen LogP contribution in [0.3, 0.4) is 0 Å². The molecule has 0 spiro atoms. The van der Waals surface area contributed by atoms with Crippen molar-refractivity contribution in [2.75, 3.05) is 6.54 Å². The molecule has 2 atom stereocenters. The highest BCUT2D eigenvalue weighted by Crippen LogP contribution is 2.25.